The van der Waals surface area contributed by atoms with Crippen molar-refractivity contribution >= 4 is 28.7 Å². The van der Waals surface area contributed by atoms with Crippen molar-refractivity contribution in [3.8, 4) is 0 Å². The summed E-state index contributed by atoms with van der Waals surface area (Å²) >= 11 is 0. The normalized spacial score (nSPS) is 11.2. The van der Waals surface area contributed by atoms with Crippen molar-refractivity contribution in [2.45, 2.75) is 13.8 Å². The highest BCUT2D eigenvalue weighted by molar-refractivity contribution is 7.87. The van der Waals surface area contributed by atoms with Crippen molar-refractivity contribution in [3.63, 3.8) is 0 Å². The molecular weight excluding hydrogens is 357 g/mol. The zero-order valence-electron chi connectivity index (χ0n) is 16.3. The first-order valence-electron chi connectivity index (χ1n) is 9.57. The van der Waals surface area contributed by atoms with Crippen molar-refractivity contribution in [3.05, 3.63) is 120 Å². The van der Waals surface area contributed by atoms with Gasteiger partial charge in [-0.2, -0.15) is 0 Å². The van der Waals surface area contributed by atoms with Gasteiger partial charge >= 0.3 is 0 Å². The van der Waals surface area contributed by atoms with Gasteiger partial charge < -0.3 is 0 Å². The van der Waals surface area contributed by atoms with E-state index in [0.717, 1.165) is 5.69 Å². The average Bonchev–Trinajstić information content (AvgIpc) is 2.76. The Kier molecular flexibility index (Phi) is 5.28. The van der Waals surface area contributed by atoms with Crippen LogP contribution in [-0.2, 0) is 0 Å². The van der Waals surface area contributed by atoms with Gasteiger partial charge in [-0.15, -0.1) is 0 Å². The van der Waals surface area contributed by atoms with Gasteiger partial charge in [0.1, 0.15) is 0 Å². The Morgan fingerprint density at radius 1 is 0.464 bits per heavy atom. The molecule has 0 saturated carbocycles. The van der Waals surface area contributed by atoms with Gasteiger partial charge in [-0.25, -0.2) is 0 Å². The Morgan fingerprint density at radius 2 is 0.821 bits per heavy atom. The molecule has 0 aliphatic heterocycles. The quantitative estimate of drug-likeness (QED) is 0.378. The van der Waals surface area contributed by atoms with Gasteiger partial charge in [-0.3, -0.25) is 4.74 Å². The second-order valence-electron chi connectivity index (χ2n) is 6.98. The molecule has 4 aromatic carbocycles. The van der Waals surface area contributed by atoms with Crippen LogP contribution in [0.5, 0.6) is 0 Å². The van der Waals surface area contributed by atoms with E-state index in [0.29, 0.717) is 0 Å². The highest BCUT2D eigenvalue weighted by Crippen LogP contribution is 2.50. The lowest BCUT2D eigenvalue weighted by molar-refractivity contribution is 1.34. The molecule has 4 rings (SSSR count). The average molecular weight is 381 g/mol. The number of aryl methyl sites for hydroxylation is 2. The second-order valence-corrected chi connectivity index (χ2v) is 10.0. The summed E-state index contributed by atoms with van der Waals surface area (Å²) in [6.07, 6.45) is 0. The van der Waals surface area contributed by atoms with Crippen molar-refractivity contribution in [2.24, 2.45) is 4.74 Å². The first-order chi connectivity index (χ1) is 13.7. The minimum Gasteiger partial charge on any atom is -0.253 e. The van der Waals surface area contributed by atoms with Crippen LogP contribution in [0.2, 0.25) is 0 Å². The summed E-state index contributed by atoms with van der Waals surface area (Å²) in [5, 5.41) is 3.82. The van der Waals surface area contributed by atoms with E-state index in [-0.39, 0.29) is 0 Å². The zero-order chi connectivity index (χ0) is 19.4. The molecule has 1 nitrogen and oxygen atoms in total. The minimum atomic E-state index is -2.20. The van der Waals surface area contributed by atoms with E-state index >= 15 is 0 Å². The van der Waals surface area contributed by atoms with E-state index in [1.165, 1.54) is 27.0 Å². The predicted molar refractivity (Wildman–Crippen MR) is 123 cm³/mol. The molecule has 0 saturated heterocycles. The molecule has 0 atom stereocenters. The smallest absolute Gasteiger partial charge is 0.0683 e. The molecule has 0 aliphatic carbocycles. The Bertz CT molecular complexity index is 993. The van der Waals surface area contributed by atoms with E-state index < -0.39 is 7.05 Å². The summed E-state index contributed by atoms with van der Waals surface area (Å²) in [5.41, 5.74) is 3.53. The molecule has 0 aliphatic rings. The van der Waals surface area contributed by atoms with Crippen LogP contribution in [0, 0.1) is 13.8 Å². The Labute approximate surface area is 167 Å². The molecule has 0 radical (unpaired) electrons. The maximum absolute atomic E-state index is 5.61. The van der Waals surface area contributed by atoms with Gasteiger partial charge in [0.25, 0.3) is 0 Å². The fourth-order valence-corrected chi connectivity index (χ4v) is 7.33. The van der Waals surface area contributed by atoms with Gasteiger partial charge in [0, 0.05) is 15.9 Å². The highest BCUT2D eigenvalue weighted by Gasteiger charge is 2.27. The molecular formula is C26H24NP. The fourth-order valence-electron chi connectivity index (χ4n) is 3.67. The van der Waals surface area contributed by atoms with Crippen LogP contribution < -0.4 is 15.9 Å². The largest absolute Gasteiger partial charge is 0.253 e. The topological polar surface area (TPSA) is 12.4 Å². The van der Waals surface area contributed by atoms with E-state index in [9.17, 15) is 0 Å². The van der Waals surface area contributed by atoms with Crippen LogP contribution in [0.1, 0.15) is 11.1 Å². The summed E-state index contributed by atoms with van der Waals surface area (Å²) in [4.78, 5) is 0. The number of hydrogen-bond acceptors (Lipinski definition) is 1. The third kappa shape index (κ3) is 3.35. The third-order valence-electron chi connectivity index (χ3n) is 5.08. The third-order valence-corrected chi connectivity index (χ3v) is 8.72. The predicted octanol–water partition coefficient (Wildman–Crippen LogP) is 6.11. The maximum Gasteiger partial charge on any atom is 0.0683 e. The molecule has 0 bridgehead atoms. The van der Waals surface area contributed by atoms with Gasteiger partial charge in [0.2, 0.25) is 0 Å². The number of nitrogens with zero attached hydrogens (tertiary/aromatic N) is 1. The summed E-state index contributed by atoms with van der Waals surface area (Å²) in [6.45, 7) is 4.31. The lowest BCUT2D eigenvalue weighted by Crippen LogP contribution is -2.25. The number of rotatable bonds is 4. The summed E-state index contributed by atoms with van der Waals surface area (Å²) in [7, 11) is -2.20. The fraction of sp³-hybridized carbons (Fsp3) is 0.0769. The molecule has 28 heavy (non-hydrogen) atoms. The molecule has 0 amide bonds. The van der Waals surface area contributed by atoms with Crippen molar-refractivity contribution < 1.29 is 0 Å². The van der Waals surface area contributed by atoms with Gasteiger partial charge in [0.05, 0.1) is 12.7 Å². The van der Waals surface area contributed by atoms with E-state index in [1.54, 1.807) is 0 Å². The lowest BCUT2D eigenvalue weighted by atomic mass is 10.1. The molecule has 0 unspecified atom stereocenters. The van der Waals surface area contributed by atoms with Crippen LogP contribution in [-0.4, -0.2) is 0 Å². The van der Waals surface area contributed by atoms with E-state index in [4.69, 9.17) is 4.74 Å². The summed E-state index contributed by atoms with van der Waals surface area (Å²) in [6, 6.07) is 38.7. The second kappa shape index (κ2) is 8.00. The first kappa shape index (κ1) is 18.5. The molecule has 0 heterocycles. The van der Waals surface area contributed by atoms with Crippen molar-refractivity contribution in [2.75, 3.05) is 0 Å². The van der Waals surface area contributed by atoms with Crippen molar-refractivity contribution in [1.29, 1.82) is 0 Å². The Morgan fingerprint density at radius 3 is 1.18 bits per heavy atom. The molecule has 0 N–H and O–H groups in total. The van der Waals surface area contributed by atoms with Gasteiger partial charge in [-0.05, 0) is 25.0 Å². The number of benzene rings is 4. The molecule has 0 spiro atoms. The van der Waals surface area contributed by atoms with Gasteiger partial charge in [0.15, 0.2) is 0 Å². The van der Waals surface area contributed by atoms with Crippen LogP contribution in [0.3, 0.4) is 0 Å². The van der Waals surface area contributed by atoms with Crippen LogP contribution >= 0.6 is 7.05 Å². The molecule has 138 valence electrons. The van der Waals surface area contributed by atoms with E-state index in [1.807, 2.05) is 0 Å². The van der Waals surface area contributed by atoms with Crippen LogP contribution in [0.25, 0.3) is 0 Å². The molecule has 4 aromatic rings. The van der Waals surface area contributed by atoms with E-state index in [2.05, 4.69) is 123 Å². The maximum atomic E-state index is 5.61. The highest BCUT2D eigenvalue weighted by atomic mass is 31.2. The van der Waals surface area contributed by atoms with Crippen LogP contribution in [0.15, 0.2) is 114 Å². The zero-order valence-corrected chi connectivity index (χ0v) is 17.2. The molecule has 2 heteroatoms. The lowest BCUT2D eigenvalue weighted by Gasteiger charge is -2.27. The Hall–Kier alpha value is -2.89. The first-order valence-corrected chi connectivity index (χ1v) is 11.3. The van der Waals surface area contributed by atoms with Gasteiger partial charge in [-0.1, -0.05) is 109 Å². The standard InChI is InChI=1S/C26H24NP/c1-21-13-12-14-22(2)26(21)27-28(23-15-6-3-7-16-23,24-17-8-4-9-18-24)25-19-10-5-11-20-25/h3-20H,1-2H3. The molecule has 0 fully saturated rings. The molecule has 0 aromatic heterocycles. The SMILES string of the molecule is Cc1cccc(C)c1N=P(c1ccccc1)(c1ccccc1)c1ccccc1. The minimum absolute atomic E-state index is 1.10. The Balaban J connectivity index is 2.18. The summed E-state index contributed by atoms with van der Waals surface area (Å²) < 4.78 is 5.61. The van der Waals surface area contributed by atoms with Crippen molar-refractivity contribution in [1.82, 2.24) is 0 Å². The van der Waals surface area contributed by atoms with Crippen LogP contribution in [0.4, 0.5) is 5.69 Å². The summed E-state index contributed by atoms with van der Waals surface area (Å²) in [5.74, 6) is 0. The number of hydrogen-bond donors (Lipinski definition) is 0. The monoisotopic (exact) mass is 381 g/mol.